The van der Waals surface area contributed by atoms with Crippen molar-refractivity contribution < 1.29 is 49.9 Å². The molecule has 0 atom stereocenters. The van der Waals surface area contributed by atoms with Gasteiger partial charge in [0.1, 0.15) is 0 Å². The van der Waals surface area contributed by atoms with E-state index in [9.17, 15) is 28.8 Å². The fraction of sp³-hybridized carbons (Fsp3) is 0.200. The normalized spacial score (nSPS) is 17.6. The van der Waals surface area contributed by atoms with Crippen LogP contribution < -0.4 is 0 Å². The molecule has 0 aromatic rings. The van der Waals surface area contributed by atoms with Gasteiger partial charge < -0.3 is 0 Å². The Hall–Kier alpha value is -2.69. The van der Waals surface area contributed by atoms with E-state index in [1.165, 1.54) is 20.8 Å². The average molecular weight is 524 g/mol. The van der Waals surface area contributed by atoms with Gasteiger partial charge >= 0.3 is 176 Å². The molecule has 2 aliphatic heterocycles. The standard InChI is InChI=1S/3C5H6O4.2Ga/c3*1-3(5(8)9)2-4(6)7;;/h3*2H,1H3,(H,6,7)(H,8,9);;/q;;;2*+3/p-6/b3-2-;;;;. The van der Waals surface area contributed by atoms with Crippen LogP contribution in [0.2, 0.25) is 0 Å². The molecule has 0 aromatic carbocycles. The Balaban J connectivity index is 1.96. The maximum atomic E-state index is 12.0. The molecule has 0 aliphatic carbocycles. The van der Waals surface area contributed by atoms with Crippen molar-refractivity contribution in [3.05, 3.63) is 34.9 Å². The van der Waals surface area contributed by atoms with Gasteiger partial charge in [-0.25, -0.2) is 0 Å². The Morgan fingerprint density at radius 3 is 1.76 bits per heavy atom. The number of hydrogen-bond donors (Lipinski definition) is 0. The number of carbonyl (C=O) groups is 6. The summed E-state index contributed by atoms with van der Waals surface area (Å²) in [5.41, 5.74) is -0.318. The SMILES string of the molecule is CC1=CC(=O)[O][Ga]([O]C(=O)/C=C(/C)C(=O)[O][Ga]2[O]C(=O)C=C(C)C(=O)[O]2)[O]C1=O. The first-order valence-electron chi connectivity index (χ1n) is 7.85. The second-order valence-electron chi connectivity index (χ2n) is 5.59. The summed E-state index contributed by atoms with van der Waals surface area (Å²) < 4.78 is 28.9. The summed E-state index contributed by atoms with van der Waals surface area (Å²) in [5, 5.41) is 0. The molecule has 0 unspecified atom stereocenters. The predicted molar refractivity (Wildman–Crippen MR) is 89.3 cm³/mol. The molecule has 0 saturated heterocycles. The van der Waals surface area contributed by atoms with E-state index >= 15 is 0 Å². The quantitative estimate of drug-likeness (QED) is 0.330. The van der Waals surface area contributed by atoms with Crippen LogP contribution in [0.5, 0.6) is 0 Å². The molecular formula is C15H12Ga2O12. The van der Waals surface area contributed by atoms with Crippen LogP contribution in [0.4, 0.5) is 0 Å². The second-order valence-corrected chi connectivity index (χ2v) is 11.0. The summed E-state index contributed by atoms with van der Waals surface area (Å²) in [4.78, 5) is 70.0. The predicted octanol–water partition coefficient (Wildman–Crippen LogP) is -0.919. The zero-order valence-corrected chi connectivity index (χ0v) is 20.1. The van der Waals surface area contributed by atoms with E-state index in [1.807, 2.05) is 0 Å². The van der Waals surface area contributed by atoms with Crippen LogP contribution in [0.15, 0.2) is 34.9 Å². The number of carbonyl (C=O) groups excluding carboxylic acids is 6. The molecule has 0 saturated carbocycles. The fourth-order valence-electron chi connectivity index (χ4n) is 1.78. The van der Waals surface area contributed by atoms with E-state index < -0.39 is 70.4 Å². The molecule has 150 valence electrons. The monoisotopic (exact) mass is 522 g/mol. The van der Waals surface area contributed by atoms with Crippen LogP contribution in [-0.4, -0.2) is 70.4 Å². The van der Waals surface area contributed by atoms with Crippen LogP contribution in [0.3, 0.4) is 0 Å². The fourth-order valence-corrected chi connectivity index (χ4v) is 6.28. The van der Waals surface area contributed by atoms with Gasteiger partial charge in [-0.15, -0.1) is 0 Å². The van der Waals surface area contributed by atoms with Crippen molar-refractivity contribution in [3.63, 3.8) is 0 Å². The summed E-state index contributed by atoms with van der Waals surface area (Å²) >= 11 is -8.02. The molecule has 0 fully saturated rings. The van der Waals surface area contributed by atoms with Crippen molar-refractivity contribution >= 4 is 70.4 Å². The van der Waals surface area contributed by atoms with Gasteiger partial charge in [0.05, 0.1) is 0 Å². The van der Waals surface area contributed by atoms with Crippen LogP contribution in [0, 0.1) is 0 Å². The second kappa shape index (κ2) is 9.68. The van der Waals surface area contributed by atoms with Gasteiger partial charge in [0, 0.05) is 0 Å². The average Bonchev–Trinajstić information content (AvgIpc) is 2.79. The molecule has 0 amide bonds. The molecule has 14 heteroatoms. The maximum absolute atomic E-state index is 12.0. The Kier molecular flexibility index (Phi) is 7.54. The Labute approximate surface area is 175 Å². The first kappa shape index (κ1) is 22.6. The summed E-state index contributed by atoms with van der Waals surface area (Å²) in [5.74, 6) is -5.70. The third-order valence-electron chi connectivity index (χ3n) is 3.22. The molecule has 0 aromatic heterocycles. The van der Waals surface area contributed by atoms with Crippen molar-refractivity contribution in [1.82, 2.24) is 0 Å². The van der Waals surface area contributed by atoms with Crippen molar-refractivity contribution in [2.75, 3.05) is 0 Å². The molecule has 0 spiro atoms. The molecule has 2 heterocycles. The third-order valence-corrected chi connectivity index (χ3v) is 8.45. The molecule has 29 heavy (non-hydrogen) atoms. The molecule has 2 aliphatic rings. The first-order valence-corrected chi connectivity index (χ1v) is 13.8. The molecule has 12 nitrogen and oxygen atoms in total. The van der Waals surface area contributed by atoms with Gasteiger partial charge in [-0.1, -0.05) is 0 Å². The van der Waals surface area contributed by atoms with Crippen LogP contribution in [0.25, 0.3) is 0 Å². The van der Waals surface area contributed by atoms with Crippen molar-refractivity contribution in [3.8, 4) is 0 Å². The Morgan fingerprint density at radius 2 is 1.28 bits per heavy atom. The Morgan fingerprint density at radius 1 is 0.828 bits per heavy atom. The van der Waals surface area contributed by atoms with Crippen molar-refractivity contribution in [2.45, 2.75) is 20.8 Å². The van der Waals surface area contributed by atoms with Crippen LogP contribution in [-0.2, 0) is 49.9 Å². The van der Waals surface area contributed by atoms with E-state index in [0.29, 0.717) is 6.08 Å². The van der Waals surface area contributed by atoms with Crippen molar-refractivity contribution in [1.29, 1.82) is 0 Å². The Bertz CT molecular complexity index is 884. The number of rotatable bonds is 4. The zero-order valence-electron chi connectivity index (χ0n) is 15.3. The topological polar surface area (TPSA) is 158 Å². The molecular weight excluding hydrogens is 512 g/mol. The molecule has 0 bridgehead atoms. The minimum absolute atomic E-state index is 0.0149. The van der Waals surface area contributed by atoms with Crippen LogP contribution >= 0.6 is 0 Å². The zero-order chi connectivity index (χ0) is 21.7. The van der Waals surface area contributed by atoms with Gasteiger partial charge in [-0.05, 0) is 0 Å². The van der Waals surface area contributed by atoms with Gasteiger partial charge in [0.25, 0.3) is 0 Å². The van der Waals surface area contributed by atoms with Gasteiger partial charge in [0.2, 0.25) is 0 Å². The third kappa shape index (κ3) is 6.70. The van der Waals surface area contributed by atoms with Crippen molar-refractivity contribution in [2.24, 2.45) is 0 Å². The summed E-state index contributed by atoms with van der Waals surface area (Å²) in [6.07, 6.45) is 2.50. The van der Waals surface area contributed by atoms with E-state index in [-0.39, 0.29) is 16.7 Å². The first-order chi connectivity index (χ1) is 13.5. The van der Waals surface area contributed by atoms with Gasteiger partial charge in [0.15, 0.2) is 0 Å². The van der Waals surface area contributed by atoms with E-state index in [1.54, 1.807) is 0 Å². The van der Waals surface area contributed by atoms with Gasteiger partial charge in [-0.2, -0.15) is 0 Å². The summed E-state index contributed by atoms with van der Waals surface area (Å²) in [6, 6.07) is 0. The van der Waals surface area contributed by atoms with Crippen LogP contribution in [0.1, 0.15) is 20.8 Å². The van der Waals surface area contributed by atoms with Gasteiger partial charge in [-0.3, -0.25) is 0 Å². The molecule has 0 radical (unpaired) electrons. The minimum atomic E-state index is -4.01. The van der Waals surface area contributed by atoms with E-state index in [4.69, 9.17) is 21.2 Å². The van der Waals surface area contributed by atoms with E-state index in [0.717, 1.165) is 12.2 Å². The number of hydrogen-bond acceptors (Lipinski definition) is 12. The summed E-state index contributed by atoms with van der Waals surface area (Å²) in [6.45, 7) is 3.83. The molecule has 2 rings (SSSR count). The molecule has 0 N–H and O–H groups in total. The van der Waals surface area contributed by atoms with E-state index in [2.05, 4.69) is 0 Å². The summed E-state index contributed by atoms with van der Waals surface area (Å²) in [7, 11) is 0.